The van der Waals surface area contributed by atoms with Crippen LogP contribution in [0.15, 0.2) is 64.0 Å². The molecular weight excluding hydrogens is 415 g/mol. The molecule has 2 heterocycles. The second-order valence-corrected chi connectivity index (χ2v) is 8.11. The Labute approximate surface area is 175 Å². The van der Waals surface area contributed by atoms with E-state index in [1.54, 1.807) is 16.7 Å². The molecule has 0 bridgehead atoms. The lowest BCUT2D eigenvalue weighted by molar-refractivity contribution is -0.137. The Hall–Kier alpha value is -2.81. The number of amides is 1. The molecule has 0 N–H and O–H groups in total. The topological polar surface area (TPSA) is 59.2 Å². The van der Waals surface area contributed by atoms with Gasteiger partial charge in [0, 0.05) is 35.7 Å². The number of hydrogen-bond acceptors (Lipinski definition) is 5. The molecule has 2 aromatic carbocycles. The van der Waals surface area contributed by atoms with E-state index in [1.807, 2.05) is 30.3 Å². The Morgan fingerprint density at radius 3 is 2.63 bits per heavy atom. The molecule has 1 aliphatic rings. The summed E-state index contributed by atoms with van der Waals surface area (Å²) in [5.41, 5.74) is -0.523. The molecule has 1 aliphatic heterocycles. The Balaban J connectivity index is 1.29. The summed E-state index contributed by atoms with van der Waals surface area (Å²) in [6.45, 7) is 0.943. The maximum absolute atomic E-state index is 12.9. The van der Waals surface area contributed by atoms with E-state index in [-0.39, 0.29) is 23.2 Å². The molecule has 5 nitrogen and oxygen atoms in total. The van der Waals surface area contributed by atoms with Gasteiger partial charge < -0.3 is 9.42 Å². The van der Waals surface area contributed by atoms with Crippen molar-refractivity contribution in [1.82, 2.24) is 15.0 Å². The predicted molar refractivity (Wildman–Crippen MR) is 106 cm³/mol. The minimum Gasteiger partial charge on any atom is -0.341 e. The van der Waals surface area contributed by atoms with Crippen LogP contribution >= 0.6 is 11.8 Å². The monoisotopic (exact) mass is 433 g/mol. The van der Waals surface area contributed by atoms with Crippen LogP contribution < -0.4 is 0 Å². The van der Waals surface area contributed by atoms with Gasteiger partial charge in [0.15, 0.2) is 0 Å². The Morgan fingerprint density at radius 1 is 1.13 bits per heavy atom. The normalized spacial score (nSPS) is 14.6. The fourth-order valence-corrected chi connectivity index (χ4v) is 3.98. The van der Waals surface area contributed by atoms with Crippen LogP contribution in [0.5, 0.6) is 0 Å². The molecule has 1 fully saturated rings. The Bertz CT molecular complexity index is 1020. The van der Waals surface area contributed by atoms with Gasteiger partial charge in [0.25, 0.3) is 0 Å². The highest BCUT2D eigenvalue weighted by atomic mass is 32.2. The maximum atomic E-state index is 12.9. The lowest BCUT2D eigenvalue weighted by Gasteiger charge is -2.37. The van der Waals surface area contributed by atoms with E-state index < -0.39 is 11.7 Å². The molecule has 9 heteroatoms. The molecule has 3 aromatic rings. The van der Waals surface area contributed by atoms with Crippen molar-refractivity contribution in [3.8, 4) is 11.4 Å². The van der Waals surface area contributed by atoms with E-state index in [0.717, 1.165) is 17.0 Å². The summed E-state index contributed by atoms with van der Waals surface area (Å²) in [5, 5.41) is 3.81. The smallest absolute Gasteiger partial charge is 0.341 e. The van der Waals surface area contributed by atoms with Gasteiger partial charge >= 0.3 is 6.18 Å². The second kappa shape index (κ2) is 8.51. The third-order valence-electron chi connectivity index (χ3n) is 4.80. The zero-order valence-corrected chi connectivity index (χ0v) is 16.6. The highest BCUT2D eigenvalue weighted by molar-refractivity contribution is 7.99. The van der Waals surface area contributed by atoms with Crippen molar-refractivity contribution in [2.45, 2.75) is 23.4 Å². The maximum Gasteiger partial charge on any atom is 0.416 e. The van der Waals surface area contributed by atoms with Crippen LogP contribution in [0.3, 0.4) is 0 Å². The summed E-state index contributed by atoms with van der Waals surface area (Å²) in [4.78, 5) is 19.4. The van der Waals surface area contributed by atoms with Crippen molar-refractivity contribution >= 4 is 17.7 Å². The van der Waals surface area contributed by atoms with Gasteiger partial charge in [0.1, 0.15) is 0 Å². The Morgan fingerprint density at radius 2 is 1.90 bits per heavy atom. The van der Waals surface area contributed by atoms with Crippen molar-refractivity contribution in [1.29, 1.82) is 0 Å². The van der Waals surface area contributed by atoms with Crippen LogP contribution in [-0.2, 0) is 11.0 Å². The van der Waals surface area contributed by atoms with Crippen LogP contribution in [0, 0.1) is 0 Å². The van der Waals surface area contributed by atoms with Gasteiger partial charge in [-0.05, 0) is 24.3 Å². The number of alkyl halides is 3. The predicted octanol–water partition coefficient (Wildman–Crippen LogP) is 4.86. The quantitative estimate of drug-likeness (QED) is 0.520. The number of carbonyl (C=O) groups excluding carboxylic acids is 1. The molecule has 0 saturated carbocycles. The highest BCUT2D eigenvalue weighted by Gasteiger charge is 2.35. The van der Waals surface area contributed by atoms with Crippen LogP contribution in [0.4, 0.5) is 13.2 Å². The van der Waals surface area contributed by atoms with E-state index in [2.05, 4.69) is 10.1 Å². The number of benzene rings is 2. The highest BCUT2D eigenvalue weighted by Crippen LogP contribution is 2.33. The van der Waals surface area contributed by atoms with Crippen molar-refractivity contribution in [2.75, 3.05) is 18.8 Å². The van der Waals surface area contributed by atoms with E-state index in [0.29, 0.717) is 31.2 Å². The number of rotatable bonds is 6. The molecule has 0 aliphatic carbocycles. The van der Waals surface area contributed by atoms with E-state index in [1.165, 1.54) is 12.1 Å². The molecule has 0 radical (unpaired) electrons. The van der Waals surface area contributed by atoms with Crippen molar-refractivity contribution in [3.63, 3.8) is 0 Å². The average molecular weight is 433 g/mol. The number of hydrogen-bond donors (Lipinski definition) is 0. The first-order chi connectivity index (χ1) is 14.4. The lowest BCUT2D eigenvalue weighted by Crippen LogP contribution is -2.48. The van der Waals surface area contributed by atoms with Crippen LogP contribution in [0.2, 0.25) is 0 Å². The van der Waals surface area contributed by atoms with Gasteiger partial charge in [0.05, 0.1) is 11.5 Å². The van der Waals surface area contributed by atoms with Gasteiger partial charge in [0.2, 0.25) is 17.6 Å². The molecule has 0 atom stereocenters. The fourth-order valence-electron chi connectivity index (χ4n) is 3.12. The zero-order chi connectivity index (χ0) is 21.1. The number of carbonyl (C=O) groups is 1. The summed E-state index contributed by atoms with van der Waals surface area (Å²) < 4.78 is 43.9. The molecule has 1 saturated heterocycles. The number of likely N-dealkylation sites (tertiary alicyclic amines) is 1. The lowest BCUT2D eigenvalue weighted by atomic mass is 10.00. The van der Waals surface area contributed by atoms with E-state index in [4.69, 9.17) is 4.52 Å². The minimum atomic E-state index is -4.43. The number of aromatic nitrogens is 2. The first-order valence-electron chi connectivity index (χ1n) is 9.37. The minimum absolute atomic E-state index is 0.0623. The molecule has 30 heavy (non-hydrogen) atoms. The van der Waals surface area contributed by atoms with Crippen molar-refractivity contribution in [3.05, 3.63) is 66.1 Å². The molecule has 1 aromatic heterocycles. The first-order valence-corrected chi connectivity index (χ1v) is 10.4. The van der Waals surface area contributed by atoms with Crippen molar-refractivity contribution < 1.29 is 22.5 Å². The molecule has 0 unspecified atom stereocenters. The van der Waals surface area contributed by atoms with Crippen LogP contribution in [0.25, 0.3) is 11.4 Å². The standard InChI is InChI=1S/C21H18F3N3O2S/c22-21(23,24)16-6-4-5-14(11-16)19-25-20(29-26-19)15-12-27(13-15)18(28)9-10-30-17-7-2-1-3-8-17/h1-8,11,15H,9-10,12-13H2. The van der Waals surface area contributed by atoms with Gasteiger partial charge in [-0.15, -0.1) is 11.8 Å². The van der Waals surface area contributed by atoms with Gasteiger partial charge in [-0.3, -0.25) is 4.79 Å². The second-order valence-electron chi connectivity index (χ2n) is 6.94. The third kappa shape index (κ3) is 4.67. The van der Waals surface area contributed by atoms with Crippen molar-refractivity contribution in [2.24, 2.45) is 0 Å². The fraction of sp³-hybridized carbons (Fsp3) is 0.286. The van der Waals surface area contributed by atoms with Gasteiger partial charge in [-0.2, -0.15) is 18.2 Å². The van der Waals surface area contributed by atoms with Crippen LogP contribution in [-0.4, -0.2) is 39.8 Å². The number of thioether (sulfide) groups is 1. The molecule has 156 valence electrons. The van der Waals surface area contributed by atoms with Gasteiger partial charge in [-0.25, -0.2) is 0 Å². The summed E-state index contributed by atoms with van der Waals surface area (Å²) in [7, 11) is 0. The first kappa shape index (κ1) is 20.5. The number of nitrogens with zero attached hydrogens (tertiary/aromatic N) is 3. The van der Waals surface area contributed by atoms with E-state index in [9.17, 15) is 18.0 Å². The summed E-state index contributed by atoms with van der Waals surface area (Å²) in [6.07, 6.45) is -4.00. The molecule has 1 amide bonds. The Kier molecular flexibility index (Phi) is 5.80. The van der Waals surface area contributed by atoms with E-state index >= 15 is 0 Å². The summed E-state index contributed by atoms with van der Waals surface area (Å²) >= 11 is 1.63. The average Bonchev–Trinajstić information content (AvgIpc) is 3.17. The van der Waals surface area contributed by atoms with Gasteiger partial charge in [-0.1, -0.05) is 35.5 Å². The summed E-state index contributed by atoms with van der Waals surface area (Å²) in [6, 6.07) is 14.7. The molecule has 0 spiro atoms. The zero-order valence-electron chi connectivity index (χ0n) is 15.8. The molecule has 4 rings (SSSR count). The van der Waals surface area contributed by atoms with Crippen LogP contribution in [0.1, 0.15) is 23.8 Å². The third-order valence-corrected chi connectivity index (χ3v) is 5.81. The SMILES string of the molecule is O=C(CCSc1ccccc1)N1CC(c2nc(-c3cccc(C(F)(F)F)c3)no2)C1. The number of halogens is 3. The largest absolute Gasteiger partial charge is 0.416 e. The summed E-state index contributed by atoms with van der Waals surface area (Å²) in [5.74, 6) is 1.12. The molecular formula is C21H18F3N3O2S.